The van der Waals surface area contributed by atoms with Crippen LogP contribution in [0.5, 0.6) is 0 Å². The van der Waals surface area contributed by atoms with Gasteiger partial charge in [-0.3, -0.25) is 4.31 Å². The third-order valence-corrected chi connectivity index (χ3v) is 7.33. The second-order valence-corrected chi connectivity index (χ2v) is 10.1. The predicted molar refractivity (Wildman–Crippen MR) is 99.9 cm³/mol. The summed E-state index contributed by atoms with van der Waals surface area (Å²) in [7, 11) is -4.16. The number of benzene rings is 1. The fourth-order valence-corrected chi connectivity index (χ4v) is 5.88. The van der Waals surface area contributed by atoms with Gasteiger partial charge in [-0.25, -0.2) is 8.42 Å². The maximum atomic E-state index is 13.2. The van der Waals surface area contributed by atoms with Gasteiger partial charge in [-0.1, -0.05) is 18.5 Å². The molecule has 4 nitrogen and oxygen atoms in total. The molecule has 2 unspecified atom stereocenters. The molecule has 2 atom stereocenters. The minimum Gasteiger partial charge on any atom is -0.387 e. The topological polar surface area (TPSA) is 57.6 Å². The number of anilines is 1. The molecule has 0 aliphatic carbocycles. The van der Waals surface area contributed by atoms with Crippen LogP contribution in [0.1, 0.15) is 24.5 Å². The van der Waals surface area contributed by atoms with E-state index in [-0.39, 0.29) is 24.1 Å². The summed E-state index contributed by atoms with van der Waals surface area (Å²) in [5.41, 5.74) is -3.27. The molecule has 1 aliphatic heterocycles. The van der Waals surface area contributed by atoms with Crippen LogP contribution in [0.2, 0.25) is 5.02 Å². The molecule has 1 aromatic rings. The van der Waals surface area contributed by atoms with Gasteiger partial charge in [0.1, 0.15) is 0 Å². The molecule has 0 bridgehead atoms. The van der Waals surface area contributed by atoms with E-state index < -0.39 is 56.1 Å². The van der Waals surface area contributed by atoms with Crippen molar-refractivity contribution in [2.45, 2.75) is 43.8 Å². The van der Waals surface area contributed by atoms with Crippen molar-refractivity contribution in [1.82, 2.24) is 0 Å². The number of nitrogens with zero attached hydrogens (tertiary/aromatic N) is 1. The Labute approximate surface area is 173 Å². The number of aliphatic hydroxyl groups is 1. The molecule has 13 heteroatoms. The van der Waals surface area contributed by atoms with E-state index in [0.717, 1.165) is 12.3 Å². The average molecular weight is 486 g/mol. The quantitative estimate of drug-likeness (QED) is 0.603. The molecule has 29 heavy (non-hydrogen) atoms. The van der Waals surface area contributed by atoms with E-state index in [1.54, 1.807) is 0 Å². The van der Waals surface area contributed by atoms with E-state index in [4.69, 9.17) is 11.6 Å². The average Bonchev–Trinajstić information content (AvgIpc) is 2.90. The van der Waals surface area contributed by atoms with E-state index in [1.165, 1.54) is 6.92 Å². The van der Waals surface area contributed by atoms with Crippen molar-refractivity contribution in [2.24, 2.45) is 0 Å². The van der Waals surface area contributed by atoms with Crippen molar-refractivity contribution in [3.8, 4) is 0 Å². The normalized spacial score (nSPS) is 19.9. The van der Waals surface area contributed by atoms with Crippen LogP contribution in [0.25, 0.3) is 0 Å². The number of hydrogen-bond acceptors (Lipinski definition) is 4. The highest BCUT2D eigenvalue weighted by atomic mass is 35.5. The van der Waals surface area contributed by atoms with Gasteiger partial charge < -0.3 is 5.11 Å². The standard InChI is InChI=1S/C16H18ClF6NO3S2/c1-3-14(25,7-28-8-15(18,19)20)13-5-9-4-11(17)10(16(21,22)23)6-12(9)24(13)29(2,26)27/h4,6,13,25H,3,5,7-8H2,1-2H3. The van der Waals surface area contributed by atoms with Crippen molar-refractivity contribution in [3.05, 3.63) is 28.3 Å². The summed E-state index contributed by atoms with van der Waals surface area (Å²) in [6, 6.07) is 0.312. The highest BCUT2D eigenvalue weighted by molar-refractivity contribution is 7.99. The highest BCUT2D eigenvalue weighted by Crippen LogP contribution is 2.46. The molecule has 2 rings (SSSR count). The predicted octanol–water partition coefficient (Wildman–Crippen LogP) is 4.49. The highest BCUT2D eigenvalue weighted by Gasteiger charge is 2.49. The number of fused-ring (bicyclic) bond motifs is 1. The smallest absolute Gasteiger partial charge is 0.387 e. The molecule has 0 radical (unpaired) electrons. The van der Waals surface area contributed by atoms with Crippen LogP contribution >= 0.6 is 23.4 Å². The van der Waals surface area contributed by atoms with Gasteiger partial charge in [-0.15, -0.1) is 11.8 Å². The van der Waals surface area contributed by atoms with Gasteiger partial charge in [0, 0.05) is 5.75 Å². The molecule has 1 N–H and O–H groups in total. The minimum absolute atomic E-state index is 0.109. The summed E-state index contributed by atoms with van der Waals surface area (Å²) in [6.07, 6.45) is -8.85. The Balaban J connectivity index is 2.49. The van der Waals surface area contributed by atoms with E-state index >= 15 is 0 Å². The monoisotopic (exact) mass is 485 g/mol. The summed E-state index contributed by atoms with van der Waals surface area (Å²) < 4.78 is 102. The second kappa shape index (κ2) is 8.01. The first-order valence-corrected chi connectivity index (χ1v) is 11.6. The van der Waals surface area contributed by atoms with Gasteiger partial charge in [0.2, 0.25) is 10.0 Å². The maximum Gasteiger partial charge on any atom is 0.417 e. The van der Waals surface area contributed by atoms with Crippen LogP contribution in [0.4, 0.5) is 32.0 Å². The Bertz CT molecular complexity index is 875. The maximum absolute atomic E-state index is 13.2. The number of alkyl halides is 6. The van der Waals surface area contributed by atoms with Gasteiger partial charge in [-0.05, 0) is 30.5 Å². The van der Waals surface area contributed by atoms with Crippen molar-refractivity contribution >= 4 is 39.1 Å². The van der Waals surface area contributed by atoms with E-state index in [0.29, 0.717) is 22.1 Å². The Morgan fingerprint density at radius 3 is 2.24 bits per heavy atom. The number of sulfonamides is 1. The molecule has 0 saturated carbocycles. The molecule has 0 amide bonds. The first-order valence-electron chi connectivity index (χ1n) is 8.25. The Morgan fingerprint density at radius 2 is 1.79 bits per heavy atom. The van der Waals surface area contributed by atoms with Crippen molar-refractivity contribution in [2.75, 3.05) is 22.1 Å². The summed E-state index contributed by atoms with van der Waals surface area (Å²) >= 11 is 6.08. The van der Waals surface area contributed by atoms with E-state index in [1.807, 2.05) is 0 Å². The summed E-state index contributed by atoms with van der Waals surface area (Å²) in [5, 5.41) is 10.3. The van der Waals surface area contributed by atoms with Crippen molar-refractivity contribution in [3.63, 3.8) is 0 Å². The van der Waals surface area contributed by atoms with Gasteiger partial charge in [0.25, 0.3) is 0 Å². The summed E-state index contributed by atoms with van der Waals surface area (Å²) in [5.74, 6) is -1.70. The first kappa shape index (κ1) is 24.4. The van der Waals surface area contributed by atoms with Crippen LogP contribution < -0.4 is 4.31 Å². The van der Waals surface area contributed by atoms with Crippen LogP contribution in [0, 0.1) is 0 Å². The molecular weight excluding hydrogens is 468 g/mol. The fourth-order valence-electron chi connectivity index (χ4n) is 3.24. The fraction of sp³-hybridized carbons (Fsp3) is 0.625. The SMILES string of the molecule is CCC(O)(CSCC(F)(F)F)C1Cc2cc(Cl)c(C(F)(F)F)cc2N1S(C)(=O)=O. The number of thioether (sulfide) groups is 1. The summed E-state index contributed by atoms with van der Waals surface area (Å²) in [6.45, 7) is 1.46. The van der Waals surface area contributed by atoms with Gasteiger partial charge in [0.15, 0.2) is 0 Å². The molecule has 1 heterocycles. The Morgan fingerprint density at radius 1 is 1.21 bits per heavy atom. The Hall–Kier alpha value is -0.850. The molecule has 1 aliphatic rings. The minimum atomic E-state index is -4.84. The third kappa shape index (κ3) is 5.45. The lowest BCUT2D eigenvalue weighted by molar-refractivity contribution is -0.137. The second-order valence-electron chi connectivity index (χ2n) is 6.80. The molecule has 166 valence electrons. The lowest BCUT2D eigenvalue weighted by Crippen LogP contribution is -2.55. The van der Waals surface area contributed by atoms with E-state index in [9.17, 15) is 39.9 Å². The summed E-state index contributed by atoms with van der Waals surface area (Å²) in [4.78, 5) is 0. The number of hydrogen-bond donors (Lipinski definition) is 1. The lowest BCUT2D eigenvalue weighted by atomic mass is 9.91. The molecule has 0 saturated heterocycles. The largest absolute Gasteiger partial charge is 0.417 e. The number of rotatable bonds is 6. The van der Waals surface area contributed by atoms with E-state index in [2.05, 4.69) is 0 Å². The zero-order valence-electron chi connectivity index (χ0n) is 15.2. The molecular formula is C16H18ClF6NO3S2. The number of halogens is 7. The molecule has 1 aromatic carbocycles. The molecule has 0 fully saturated rings. The van der Waals surface area contributed by atoms with Crippen LogP contribution in [-0.4, -0.2) is 49.1 Å². The van der Waals surface area contributed by atoms with Crippen LogP contribution in [0.15, 0.2) is 12.1 Å². The zero-order chi connectivity index (χ0) is 22.4. The first-order chi connectivity index (χ1) is 13.0. The van der Waals surface area contributed by atoms with Gasteiger partial charge in [-0.2, -0.15) is 26.3 Å². The van der Waals surface area contributed by atoms with Gasteiger partial charge >= 0.3 is 12.4 Å². The molecule has 0 spiro atoms. The molecule has 0 aromatic heterocycles. The van der Waals surface area contributed by atoms with Crippen LogP contribution in [-0.2, 0) is 22.6 Å². The lowest BCUT2D eigenvalue weighted by Gasteiger charge is -2.38. The Kier molecular flexibility index (Phi) is 6.74. The van der Waals surface area contributed by atoms with Crippen LogP contribution in [0.3, 0.4) is 0 Å². The zero-order valence-corrected chi connectivity index (χ0v) is 17.6. The van der Waals surface area contributed by atoms with Crippen molar-refractivity contribution < 1.29 is 39.9 Å². The van der Waals surface area contributed by atoms with Crippen molar-refractivity contribution in [1.29, 1.82) is 0 Å². The van der Waals surface area contributed by atoms with Gasteiger partial charge in [0.05, 0.1) is 39.9 Å². The third-order valence-electron chi connectivity index (χ3n) is 4.62.